The van der Waals surface area contributed by atoms with Gasteiger partial charge in [0.25, 0.3) is 5.71 Å². The highest BCUT2D eigenvalue weighted by Crippen LogP contribution is 2.30. The molecule has 2 aromatic heterocycles. The lowest BCUT2D eigenvalue weighted by molar-refractivity contribution is -0.121. The number of nitrogens with one attached hydrogen (secondary N) is 1. The lowest BCUT2D eigenvalue weighted by atomic mass is 9.99. The summed E-state index contributed by atoms with van der Waals surface area (Å²) in [7, 11) is 0. The summed E-state index contributed by atoms with van der Waals surface area (Å²) in [5.41, 5.74) is 2.39. The van der Waals surface area contributed by atoms with E-state index in [4.69, 9.17) is 9.51 Å². The number of anilines is 1. The number of fused-ring (bicyclic) bond motifs is 1. The Bertz CT molecular complexity index is 1010. The molecule has 1 saturated heterocycles. The summed E-state index contributed by atoms with van der Waals surface area (Å²) < 4.78 is 5.44. The molecule has 1 aliphatic heterocycles. The van der Waals surface area contributed by atoms with E-state index in [1.54, 1.807) is 0 Å². The quantitative estimate of drug-likeness (QED) is 0.666. The van der Waals surface area contributed by atoms with Crippen LogP contribution in [-0.4, -0.2) is 34.1 Å². The molecule has 30 heavy (non-hydrogen) atoms. The fourth-order valence-electron chi connectivity index (χ4n) is 3.94. The van der Waals surface area contributed by atoms with Gasteiger partial charge in [-0.05, 0) is 38.2 Å². The molecule has 7 heteroatoms. The number of aryl methyl sites for hydroxylation is 2. The molecule has 4 rings (SSSR count). The number of aromatic nitrogens is 3. The lowest BCUT2D eigenvalue weighted by Crippen LogP contribution is -2.34. The third-order valence-corrected chi connectivity index (χ3v) is 5.87. The average Bonchev–Trinajstić information content (AvgIpc) is 3.13. The van der Waals surface area contributed by atoms with Crippen LogP contribution in [0.25, 0.3) is 11.1 Å². The standard InChI is InChI=1S/C23H29N5O2/c1-15-11-13-28(14-12-15)22-21-17(3)27-30-23(21)26-19(25-22)9-10-20(29)24-16(2)18-7-5-4-6-8-18/h4-8,15-16H,9-14H2,1-3H3,(H,24,29). The van der Waals surface area contributed by atoms with E-state index in [1.807, 2.05) is 44.2 Å². The van der Waals surface area contributed by atoms with E-state index in [0.29, 0.717) is 24.4 Å². The van der Waals surface area contributed by atoms with Crippen LogP contribution in [0.1, 0.15) is 56.2 Å². The number of hydrogen-bond donors (Lipinski definition) is 1. The molecule has 3 heterocycles. The zero-order valence-electron chi connectivity index (χ0n) is 17.9. The molecule has 0 saturated carbocycles. The van der Waals surface area contributed by atoms with Gasteiger partial charge in [-0.25, -0.2) is 4.98 Å². The maximum Gasteiger partial charge on any atom is 0.263 e. The number of amides is 1. The van der Waals surface area contributed by atoms with Crippen LogP contribution in [0, 0.1) is 12.8 Å². The fraction of sp³-hybridized carbons (Fsp3) is 0.478. The summed E-state index contributed by atoms with van der Waals surface area (Å²) in [6.07, 6.45) is 3.07. The molecule has 1 aromatic carbocycles. The molecule has 1 unspecified atom stereocenters. The van der Waals surface area contributed by atoms with E-state index in [2.05, 4.69) is 27.3 Å². The van der Waals surface area contributed by atoms with Crippen molar-refractivity contribution < 1.29 is 9.32 Å². The van der Waals surface area contributed by atoms with Crippen LogP contribution < -0.4 is 10.2 Å². The molecule has 1 fully saturated rings. The normalized spacial score (nSPS) is 16.0. The predicted octanol–water partition coefficient (Wildman–Crippen LogP) is 3.97. The van der Waals surface area contributed by atoms with E-state index < -0.39 is 0 Å². The Balaban J connectivity index is 1.47. The zero-order valence-corrected chi connectivity index (χ0v) is 17.9. The average molecular weight is 408 g/mol. The van der Waals surface area contributed by atoms with E-state index in [-0.39, 0.29) is 11.9 Å². The Morgan fingerprint density at radius 1 is 1.23 bits per heavy atom. The number of rotatable bonds is 6. The molecule has 0 aliphatic carbocycles. The van der Waals surface area contributed by atoms with Crippen LogP contribution in [0.5, 0.6) is 0 Å². The highest BCUT2D eigenvalue weighted by Gasteiger charge is 2.23. The summed E-state index contributed by atoms with van der Waals surface area (Å²) in [5.74, 6) is 2.22. The van der Waals surface area contributed by atoms with E-state index in [9.17, 15) is 4.79 Å². The van der Waals surface area contributed by atoms with Crippen molar-refractivity contribution in [1.29, 1.82) is 0 Å². The van der Waals surface area contributed by atoms with Crippen LogP contribution in [0.3, 0.4) is 0 Å². The maximum atomic E-state index is 12.5. The van der Waals surface area contributed by atoms with Crippen LogP contribution >= 0.6 is 0 Å². The number of piperidine rings is 1. The minimum absolute atomic E-state index is 0.0165. The summed E-state index contributed by atoms with van der Waals surface area (Å²) in [6, 6.07) is 9.91. The first kappa shape index (κ1) is 20.3. The van der Waals surface area contributed by atoms with Crippen molar-refractivity contribution in [3.63, 3.8) is 0 Å². The molecule has 7 nitrogen and oxygen atoms in total. The van der Waals surface area contributed by atoms with E-state index in [1.165, 1.54) is 0 Å². The number of nitrogens with zero attached hydrogens (tertiary/aromatic N) is 4. The smallest absolute Gasteiger partial charge is 0.263 e. The third-order valence-electron chi connectivity index (χ3n) is 5.87. The Morgan fingerprint density at radius 2 is 1.97 bits per heavy atom. The summed E-state index contributed by atoms with van der Waals surface area (Å²) >= 11 is 0. The highest BCUT2D eigenvalue weighted by molar-refractivity contribution is 5.88. The van der Waals surface area contributed by atoms with Gasteiger partial charge in [0.15, 0.2) is 0 Å². The second-order valence-electron chi connectivity index (χ2n) is 8.28. The van der Waals surface area contributed by atoms with E-state index in [0.717, 1.165) is 54.3 Å². The second kappa shape index (κ2) is 8.81. The van der Waals surface area contributed by atoms with Gasteiger partial charge in [-0.2, -0.15) is 4.98 Å². The van der Waals surface area contributed by atoms with Crippen molar-refractivity contribution in [1.82, 2.24) is 20.4 Å². The second-order valence-corrected chi connectivity index (χ2v) is 8.28. The first-order chi connectivity index (χ1) is 14.5. The Kier molecular flexibility index (Phi) is 5.97. The molecule has 158 valence electrons. The van der Waals surface area contributed by atoms with Gasteiger partial charge in [0, 0.05) is 25.9 Å². The van der Waals surface area contributed by atoms with Crippen molar-refractivity contribution in [3.05, 3.63) is 47.4 Å². The monoisotopic (exact) mass is 407 g/mol. The molecule has 3 aromatic rings. The molecule has 0 bridgehead atoms. The van der Waals surface area contributed by atoms with Gasteiger partial charge in [0.2, 0.25) is 5.91 Å². The van der Waals surface area contributed by atoms with Gasteiger partial charge in [-0.3, -0.25) is 4.79 Å². The van der Waals surface area contributed by atoms with Crippen molar-refractivity contribution in [3.8, 4) is 0 Å². The van der Waals surface area contributed by atoms with Crippen LogP contribution in [0.15, 0.2) is 34.9 Å². The lowest BCUT2D eigenvalue weighted by Gasteiger charge is -2.31. The number of hydrogen-bond acceptors (Lipinski definition) is 6. The maximum absolute atomic E-state index is 12.5. The minimum atomic E-state index is -0.0371. The highest BCUT2D eigenvalue weighted by atomic mass is 16.5. The number of carbonyl (C=O) groups excluding carboxylic acids is 1. The van der Waals surface area contributed by atoms with Gasteiger partial charge in [0.1, 0.15) is 17.0 Å². The van der Waals surface area contributed by atoms with Gasteiger partial charge in [-0.15, -0.1) is 0 Å². The molecule has 1 N–H and O–H groups in total. The first-order valence-corrected chi connectivity index (χ1v) is 10.7. The topological polar surface area (TPSA) is 84.1 Å². The minimum Gasteiger partial charge on any atom is -0.356 e. The molecular formula is C23H29N5O2. The van der Waals surface area contributed by atoms with Gasteiger partial charge < -0.3 is 14.7 Å². The van der Waals surface area contributed by atoms with Crippen LogP contribution in [0.4, 0.5) is 5.82 Å². The summed E-state index contributed by atoms with van der Waals surface area (Å²) in [6.45, 7) is 8.13. The van der Waals surface area contributed by atoms with Gasteiger partial charge in [0.05, 0.1) is 11.7 Å². The Labute approximate surface area is 176 Å². The van der Waals surface area contributed by atoms with Crippen molar-refractivity contribution >= 4 is 22.8 Å². The summed E-state index contributed by atoms with van der Waals surface area (Å²) in [4.78, 5) is 24.1. The SMILES string of the molecule is Cc1noc2nc(CCC(=O)NC(C)c3ccccc3)nc(N3CCC(C)CC3)c12. The number of carbonyl (C=O) groups is 1. The molecule has 0 spiro atoms. The zero-order chi connectivity index (χ0) is 21.1. The van der Waals surface area contributed by atoms with Crippen molar-refractivity contribution in [2.24, 2.45) is 5.92 Å². The van der Waals surface area contributed by atoms with E-state index >= 15 is 0 Å². The predicted molar refractivity (Wildman–Crippen MR) is 116 cm³/mol. The fourth-order valence-corrected chi connectivity index (χ4v) is 3.94. The Hall–Kier alpha value is -2.96. The first-order valence-electron chi connectivity index (χ1n) is 10.7. The molecular weight excluding hydrogens is 378 g/mol. The molecule has 1 aliphatic rings. The summed E-state index contributed by atoms with van der Waals surface area (Å²) in [5, 5.41) is 8.03. The third kappa shape index (κ3) is 4.45. The molecule has 0 radical (unpaired) electrons. The Morgan fingerprint density at radius 3 is 2.70 bits per heavy atom. The van der Waals surface area contributed by atoms with Crippen molar-refractivity contribution in [2.45, 2.75) is 52.5 Å². The largest absolute Gasteiger partial charge is 0.356 e. The van der Waals surface area contributed by atoms with Crippen LogP contribution in [0.2, 0.25) is 0 Å². The van der Waals surface area contributed by atoms with Gasteiger partial charge in [-0.1, -0.05) is 42.4 Å². The molecule has 1 amide bonds. The van der Waals surface area contributed by atoms with Gasteiger partial charge >= 0.3 is 0 Å². The number of benzene rings is 1. The van der Waals surface area contributed by atoms with Crippen LogP contribution in [-0.2, 0) is 11.2 Å². The molecule has 1 atom stereocenters. The van der Waals surface area contributed by atoms with Crippen molar-refractivity contribution in [2.75, 3.05) is 18.0 Å².